The van der Waals surface area contributed by atoms with E-state index in [1.165, 1.54) is 12.1 Å². The highest BCUT2D eigenvalue weighted by molar-refractivity contribution is 5.45. The lowest BCUT2D eigenvalue weighted by Crippen LogP contribution is -1.99. The van der Waals surface area contributed by atoms with Crippen LogP contribution in [0.15, 0.2) is 36.5 Å². The number of aromatic hydroxyl groups is 2. The molecule has 3 N–H and O–H groups in total. The van der Waals surface area contributed by atoms with Gasteiger partial charge in [0.2, 0.25) is 5.88 Å². The molecule has 0 saturated heterocycles. The Labute approximate surface area is 105 Å². The van der Waals surface area contributed by atoms with Gasteiger partial charge in [-0.15, -0.1) is 0 Å². The molecular formula is C13H14N2O3. The average molecular weight is 246 g/mol. The lowest BCUT2D eigenvalue weighted by atomic mass is 10.2. The Balaban J connectivity index is 1.99. The van der Waals surface area contributed by atoms with Gasteiger partial charge in [-0.2, -0.15) is 0 Å². The third-order valence-corrected chi connectivity index (χ3v) is 2.48. The van der Waals surface area contributed by atoms with Crippen molar-refractivity contribution in [2.75, 3.05) is 12.4 Å². The smallest absolute Gasteiger partial charge is 0.213 e. The zero-order valence-corrected chi connectivity index (χ0v) is 9.92. The van der Waals surface area contributed by atoms with E-state index in [4.69, 9.17) is 4.74 Å². The maximum atomic E-state index is 9.36. The number of nitrogens with one attached hydrogen (secondary N) is 1. The summed E-state index contributed by atoms with van der Waals surface area (Å²) in [5.41, 5.74) is 1.71. The highest BCUT2D eigenvalue weighted by Crippen LogP contribution is 2.25. The number of rotatable bonds is 4. The fourth-order valence-electron chi connectivity index (χ4n) is 1.49. The number of aromatic nitrogens is 1. The van der Waals surface area contributed by atoms with Crippen LogP contribution in [0.5, 0.6) is 17.4 Å². The monoisotopic (exact) mass is 246 g/mol. The third kappa shape index (κ3) is 2.82. The van der Waals surface area contributed by atoms with Gasteiger partial charge >= 0.3 is 0 Å². The summed E-state index contributed by atoms with van der Waals surface area (Å²) in [6, 6.07) is 8.32. The van der Waals surface area contributed by atoms with Crippen molar-refractivity contribution in [2.24, 2.45) is 0 Å². The predicted molar refractivity (Wildman–Crippen MR) is 67.9 cm³/mol. The van der Waals surface area contributed by atoms with Gasteiger partial charge in [0.1, 0.15) is 0 Å². The molecule has 2 aromatic rings. The summed E-state index contributed by atoms with van der Waals surface area (Å²) in [5.74, 6) is 0.315. The van der Waals surface area contributed by atoms with E-state index in [1.807, 2.05) is 6.07 Å². The number of phenols is 2. The van der Waals surface area contributed by atoms with Crippen LogP contribution in [0.2, 0.25) is 0 Å². The normalized spacial score (nSPS) is 10.1. The maximum absolute atomic E-state index is 9.36. The minimum atomic E-state index is -0.123. The molecule has 1 aromatic heterocycles. The van der Waals surface area contributed by atoms with Gasteiger partial charge in [0.05, 0.1) is 19.0 Å². The van der Waals surface area contributed by atoms with E-state index in [0.717, 1.165) is 11.3 Å². The van der Waals surface area contributed by atoms with Crippen LogP contribution in [0.25, 0.3) is 0 Å². The Morgan fingerprint density at radius 3 is 2.61 bits per heavy atom. The summed E-state index contributed by atoms with van der Waals surface area (Å²) in [5, 5.41) is 21.7. The Hall–Kier alpha value is -2.43. The van der Waals surface area contributed by atoms with Crippen LogP contribution < -0.4 is 10.1 Å². The molecular weight excluding hydrogens is 232 g/mol. The van der Waals surface area contributed by atoms with E-state index in [-0.39, 0.29) is 11.5 Å². The topological polar surface area (TPSA) is 74.6 Å². The van der Waals surface area contributed by atoms with Crippen LogP contribution in [0.4, 0.5) is 5.69 Å². The van der Waals surface area contributed by atoms with Crippen LogP contribution in [-0.4, -0.2) is 22.3 Å². The van der Waals surface area contributed by atoms with Crippen LogP contribution in [0, 0.1) is 0 Å². The Morgan fingerprint density at radius 2 is 2.00 bits per heavy atom. The van der Waals surface area contributed by atoms with Gasteiger partial charge in [0.15, 0.2) is 11.5 Å². The molecule has 0 aliphatic heterocycles. The maximum Gasteiger partial charge on any atom is 0.213 e. The summed E-state index contributed by atoms with van der Waals surface area (Å²) >= 11 is 0. The van der Waals surface area contributed by atoms with Crippen molar-refractivity contribution in [1.29, 1.82) is 0 Å². The standard InChI is InChI=1S/C13H14N2O3/c1-18-13-5-3-10(8-15-13)14-7-9-2-4-11(16)12(17)6-9/h2-6,8,14,16-17H,7H2,1H3. The Morgan fingerprint density at radius 1 is 1.17 bits per heavy atom. The molecule has 0 amide bonds. The minimum Gasteiger partial charge on any atom is -0.504 e. The van der Waals surface area contributed by atoms with Crippen LogP contribution >= 0.6 is 0 Å². The van der Waals surface area contributed by atoms with Crippen LogP contribution in [0.1, 0.15) is 5.56 Å². The summed E-state index contributed by atoms with van der Waals surface area (Å²) in [6.45, 7) is 0.530. The molecule has 0 spiro atoms. The zero-order valence-electron chi connectivity index (χ0n) is 9.92. The van der Waals surface area contributed by atoms with Gasteiger partial charge in [-0.1, -0.05) is 6.07 Å². The van der Waals surface area contributed by atoms with Gasteiger partial charge in [0.25, 0.3) is 0 Å². The summed E-state index contributed by atoms with van der Waals surface area (Å²) in [7, 11) is 1.56. The Bertz CT molecular complexity index is 526. The number of hydrogen-bond acceptors (Lipinski definition) is 5. The second kappa shape index (κ2) is 5.27. The first kappa shape index (κ1) is 12.0. The molecule has 5 nitrogen and oxygen atoms in total. The molecule has 0 unspecified atom stereocenters. The highest BCUT2D eigenvalue weighted by atomic mass is 16.5. The zero-order chi connectivity index (χ0) is 13.0. The SMILES string of the molecule is COc1ccc(NCc2ccc(O)c(O)c2)cn1. The lowest BCUT2D eigenvalue weighted by molar-refractivity contribution is 0.398. The van der Waals surface area contributed by atoms with Crippen LogP contribution in [0.3, 0.4) is 0 Å². The molecule has 0 aliphatic rings. The first-order valence-electron chi connectivity index (χ1n) is 5.44. The number of methoxy groups -OCH3 is 1. The van der Waals surface area contributed by atoms with E-state index in [9.17, 15) is 10.2 Å². The molecule has 1 aromatic carbocycles. The molecule has 1 heterocycles. The van der Waals surface area contributed by atoms with Crippen molar-refractivity contribution in [3.63, 3.8) is 0 Å². The lowest BCUT2D eigenvalue weighted by Gasteiger charge is -2.07. The van der Waals surface area contributed by atoms with E-state index < -0.39 is 0 Å². The van der Waals surface area contributed by atoms with Gasteiger partial charge in [-0.3, -0.25) is 0 Å². The quantitative estimate of drug-likeness (QED) is 0.720. The molecule has 2 rings (SSSR count). The van der Waals surface area contributed by atoms with Gasteiger partial charge in [0, 0.05) is 12.6 Å². The first-order valence-corrected chi connectivity index (χ1v) is 5.44. The number of pyridine rings is 1. The fourth-order valence-corrected chi connectivity index (χ4v) is 1.49. The molecule has 0 radical (unpaired) electrons. The summed E-state index contributed by atoms with van der Waals surface area (Å²) in [4.78, 5) is 4.07. The average Bonchev–Trinajstić information content (AvgIpc) is 2.41. The fraction of sp³-hybridized carbons (Fsp3) is 0.154. The van der Waals surface area contributed by atoms with Crippen molar-refractivity contribution < 1.29 is 14.9 Å². The van der Waals surface area contributed by atoms with E-state index >= 15 is 0 Å². The number of ether oxygens (including phenoxy) is 1. The van der Waals surface area contributed by atoms with Gasteiger partial charge in [-0.25, -0.2) is 4.98 Å². The molecule has 0 bridgehead atoms. The number of phenolic OH excluding ortho intramolecular Hbond substituents is 2. The summed E-state index contributed by atoms with van der Waals surface area (Å²) < 4.78 is 4.96. The Kier molecular flexibility index (Phi) is 3.52. The number of benzene rings is 1. The van der Waals surface area contributed by atoms with Crippen molar-refractivity contribution in [2.45, 2.75) is 6.54 Å². The molecule has 94 valence electrons. The number of nitrogens with zero attached hydrogens (tertiary/aromatic N) is 1. The second-order valence-electron chi connectivity index (χ2n) is 3.77. The van der Waals surface area contributed by atoms with E-state index in [0.29, 0.717) is 12.4 Å². The molecule has 18 heavy (non-hydrogen) atoms. The molecule has 0 saturated carbocycles. The van der Waals surface area contributed by atoms with Crippen molar-refractivity contribution in [3.05, 3.63) is 42.1 Å². The van der Waals surface area contributed by atoms with Crippen LogP contribution in [-0.2, 0) is 6.54 Å². The molecule has 0 aliphatic carbocycles. The predicted octanol–water partition coefficient (Wildman–Crippen LogP) is 2.11. The molecule has 0 fully saturated rings. The largest absolute Gasteiger partial charge is 0.504 e. The van der Waals surface area contributed by atoms with E-state index in [2.05, 4.69) is 10.3 Å². The first-order chi connectivity index (χ1) is 8.69. The molecule has 5 heteroatoms. The highest BCUT2D eigenvalue weighted by Gasteiger charge is 2.01. The van der Waals surface area contributed by atoms with Gasteiger partial charge in [-0.05, 0) is 23.8 Å². The second-order valence-corrected chi connectivity index (χ2v) is 3.77. The molecule has 0 atom stereocenters. The van der Waals surface area contributed by atoms with Crippen molar-refractivity contribution >= 4 is 5.69 Å². The van der Waals surface area contributed by atoms with E-state index in [1.54, 1.807) is 25.4 Å². The minimum absolute atomic E-state index is 0.120. The number of anilines is 1. The number of hydrogen-bond donors (Lipinski definition) is 3. The van der Waals surface area contributed by atoms with Crippen molar-refractivity contribution in [3.8, 4) is 17.4 Å². The summed E-state index contributed by atoms with van der Waals surface area (Å²) in [6.07, 6.45) is 1.67. The third-order valence-electron chi connectivity index (χ3n) is 2.48. The van der Waals surface area contributed by atoms with Crippen molar-refractivity contribution in [1.82, 2.24) is 4.98 Å². The van der Waals surface area contributed by atoms with Gasteiger partial charge < -0.3 is 20.3 Å².